The summed E-state index contributed by atoms with van der Waals surface area (Å²) in [5.41, 5.74) is 1.65. The molecular formula is C12H13BrClFN2S. The Kier molecular flexibility index (Phi) is 4.92. The van der Waals surface area contributed by atoms with Gasteiger partial charge in [-0.3, -0.25) is 0 Å². The highest BCUT2D eigenvalue weighted by molar-refractivity contribution is 9.10. The first-order chi connectivity index (χ1) is 8.67. The lowest BCUT2D eigenvalue weighted by Gasteiger charge is -2.07. The van der Waals surface area contributed by atoms with Crippen molar-refractivity contribution in [2.45, 2.75) is 13.0 Å². The first-order valence-electron chi connectivity index (χ1n) is 5.56. The highest BCUT2D eigenvalue weighted by atomic mass is 79.9. The van der Waals surface area contributed by atoms with E-state index in [9.17, 15) is 4.39 Å². The van der Waals surface area contributed by atoms with Crippen LogP contribution in [0, 0.1) is 5.82 Å². The summed E-state index contributed by atoms with van der Waals surface area (Å²) >= 11 is 10.7. The summed E-state index contributed by atoms with van der Waals surface area (Å²) in [7, 11) is 0. The molecule has 18 heavy (non-hydrogen) atoms. The molecule has 98 valence electrons. The number of alkyl halides is 1. The Labute approximate surface area is 123 Å². The Morgan fingerprint density at radius 2 is 2.28 bits per heavy atom. The topological polar surface area (TPSA) is 17.8 Å². The number of rotatable bonds is 5. The van der Waals surface area contributed by atoms with E-state index in [1.165, 1.54) is 6.07 Å². The number of imidazole rings is 1. The molecule has 6 heteroatoms. The summed E-state index contributed by atoms with van der Waals surface area (Å²) in [6.45, 7) is 0.824. The maximum Gasteiger partial charge on any atom is 0.139 e. The van der Waals surface area contributed by atoms with Crippen LogP contribution in [-0.2, 0) is 13.0 Å². The summed E-state index contributed by atoms with van der Waals surface area (Å²) in [5.74, 6) is 2.15. The number of fused-ring (bicyclic) bond motifs is 1. The molecule has 0 fully saturated rings. The van der Waals surface area contributed by atoms with Gasteiger partial charge >= 0.3 is 0 Å². The third kappa shape index (κ3) is 2.83. The van der Waals surface area contributed by atoms with Crippen LogP contribution in [0.25, 0.3) is 11.0 Å². The van der Waals surface area contributed by atoms with E-state index in [1.54, 1.807) is 17.8 Å². The number of aromatic nitrogens is 2. The molecule has 0 radical (unpaired) electrons. The molecule has 0 aliphatic carbocycles. The Morgan fingerprint density at radius 1 is 1.50 bits per heavy atom. The first kappa shape index (κ1) is 14.2. The van der Waals surface area contributed by atoms with E-state index in [0.717, 1.165) is 29.2 Å². The molecule has 1 heterocycles. The Hall–Kier alpha value is -0.260. The molecule has 2 nitrogen and oxygen atoms in total. The van der Waals surface area contributed by atoms with Crippen molar-refractivity contribution >= 4 is 50.3 Å². The molecule has 0 unspecified atom stereocenters. The summed E-state index contributed by atoms with van der Waals surface area (Å²) in [5, 5.41) is 0. The van der Waals surface area contributed by atoms with E-state index >= 15 is 0 Å². The van der Waals surface area contributed by atoms with Crippen molar-refractivity contribution in [2.24, 2.45) is 0 Å². The Morgan fingerprint density at radius 3 is 2.94 bits per heavy atom. The van der Waals surface area contributed by atoms with E-state index < -0.39 is 0 Å². The molecular weight excluding hydrogens is 339 g/mol. The number of thioether (sulfide) groups is 1. The van der Waals surface area contributed by atoms with Crippen LogP contribution in [0.2, 0.25) is 0 Å². The molecule has 2 aromatic rings. The van der Waals surface area contributed by atoms with Crippen molar-refractivity contribution in [2.75, 3.05) is 17.9 Å². The van der Waals surface area contributed by atoms with Gasteiger partial charge in [-0.25, -0.2) is 9.37 Å². The summed E-state index contributed by atoms with van der Waals surface area (Å²) in [4.78, 5) is 4.53. The van der Waals surface area contributed by atoms with E-state index in [2.05, 4.69) is 31.7 Å². The molecule has 0 N–H and O–H groups in total. The minimum absolute atomic E-state index is 0.259. The second kappa shape index (κ2) is 6.26. The zero-order chi connectivity index (χ0) is 13.1. The average Bonchev–Trinajstić information content (AvgIpc) is 2.65. The molecule has 0 amide bonds. The fourth-order valence-electron chi connectivity index (χ4n) is 1.88. The Balaban J connectivity index is 2.53. The molecule has 0 bridgehead atoms. The number of hydrogen-bond acceptors (Lipinski definition) is 2. The molecule has 0 saturated heterocycles. The van der Waals surface area contributed by atoms with Gasteiger partial charge in [0.05, 0.1) is 15.5 Å². The summed E-state index contributed by atoms with van der Waals surface area (Å²) in [6, 6.07) is 3.25. The summed E-state index contributed by atoms with van der Waals surface area (Å²) < 4.78 is 16.1. The average molecular weight is 352 g/mol. The van der Waals surface area contributed by atoms with E-state index in [1.807, 2.05) is 0 Å². The van der Waals surface area contributed by atoms with Gasteiger partial charge in [-0.15, -0.1) is 11.6 Å². The third-order valence-electron chi connectivity index (χ3n) is 2.71. The summed E-state index contributed by atoms with van der Waals surface area (Å²) in [6.07, 6.45) is 2.75. The minimum Gasteiger partial charge on any atom is -0.327 e. The maximum atomic E-state index is 13.6. The molecule has 0 aliphatic rings. The van der Waals surface area contributed by atoms with Crippen molar-refractivity contribution < 1.29 is 4.39 Å². The van der Waals surface area contributed by atoms with Crippen molar-refractivity contribution in [1.82, 2.24) is 9.55 Å². The number of hydrogen-bond donors (Lipinski definition) is 0. The van der Waals surface area contributed by atoms with Gasteiger partial charge in [0.1, 0.15) is 11.6 Å². The first-order valence-corrected chi connectivity index (χ1v) is 8.28. The van der Waals surface area contributed by atoms with E-state index in [4.69, 9.17) is 11.6 Å². The molecule has 0 spiro atoms. The van der Waals surface area contributed by atoms with Crippen LogP contribution < -0.4 is 0 Å². The fraction of sp³-hybridized carbons (Fsp3) is 0.417. The van der Waals surface area contributed by atoms with Crippen molar-refractivity contribution in [3.63, 3.8) is 0 Å². The second-order valence-electron chi connectivity index (χ2n) is 3.87. The van der Waals surface area contributed by atoms with Crippen LogP contribution >= 0.6 is 39.3 Å². The lowest BCUT2D eigenvalue weighted by molar-refractivity contribution is 0.621. The SMILES string of the molecule is CSCCn1c(CCCl)nc2cc(Br)c(F)cc21. The van der Waals surface area contributed by atoms with Crippen molar-refractivity contribution in [3.05, 3.63) is 28.2 Å². The van der Waals surface area contributed by atoms with E-state index in [-0.39, 0.29) is 5.82 Å². The zero-order valence-corrected chi connectivity index (χ0v) is 13.1. The lowest BCUT2D eigenvalue weighted by Crippen LogP contribution is -2.06. The minimum atomic E-state index is -0.259. The highest BCUT2D eigenvalue weighted by Gasteiger charge is 2.12. The fourth-order valence-corrected chi connectivity index (χ4v) is 2.74. The smallest absolute Gasteiger partial charge is 0.139 e. The van der Waals surface area contributed by atoms with Crippen molar-refractivity contribution in [1.29, 1.82) is 0 Å². The standard InChI is InChI=1S/C12H13BrClFN2S/c1-18-5-4-17-11-7-9(15)8(13)6-10(11)16-12(17)2-3-14/h6-7H,2-5H2,1H3. The molecule has 0 saturated carbocycles. The number of nitrogens with zero attached hydrogens (tertiary/aromatic N) is 2. The predicted octanol–water partition coefficient (Wildman–Crippen LogP) is 4.08. The zero-order valence-electron chi connectivity index (χ0n) is 9.92. The molecule has 1 aromatic heterocycles. The van der Waals surface area contributed by atoms with E-state index in [0.29, 0.717) is 16.8 Å². The maximum absolute atomic E-state index is 13.6. The van der Waals surface area contributed by atoms with Gasteiger partial charge in [-0.05, 0) is 28.3 Å². The largest absolute Gasteiger partial charge is 0.327 e. The molecule has 1 aromatic carbocycles. The van der Waals surface area contributed by atoms with Gasteiger partial charge in [0, 0.05) is 30.7 Å². The highest BCUT2D eigenvalue weighted by Crippen LogP contribution is 2.24. The van der Waals surface area contributed by atoms with Crippen LogP contribution in [0.1, 0.15) is 5.82 Å². The molecule has 0 aliphatic heterocycles. The van der Waals surface area contributed by atoms with Gasteiger partial charge in [0.25, 0.3) is 0 Å². The van der Waals surface area contributed by atoms with Gasteiger partial charge in [-0.1, -0.05) is 0 Å². The van der Waals surface area contributed by atoms with Gasteiger partial charge in [0.2, 0.25) is 0 Å². The quantitative estimate of drug-likeness (QED) is 0.755. The monoisotopic (exact) mass is 350 g/mol. The predicted molar refractivity (Wildman–Crippen MR) is 80.2 cm³/mol. The van der Waals surface area contributed by atoms with Crippen molar-refractivity contribution in [3.8, 4) is 0 Å². The molecule has 2 rings (SSSR count). The number of halogens is 3. The second-order valence-corrected chi connectivity index (χ2v) is 6.08. The van der Waals surface area contributed by atoms with Crippen LogP contribution in [0.5, 0.6) is 0 Å². The van der Waals surface area contributed by atoms with Crippen LogP contribution in [0.4, 0.5) is 4.39 Å². The van der Waals surface area contributed by atoms with Gasteiger partial charge in [0.15, 0.2) is 0 Å². The lowest BCUT2D eigenvalue weighted by atomic mass is 10.3. The van der Waals surface area contributed by atoms with Crippen LogP contribution in [0.3, 0.4) is 0 Å². The number of aryl methyl sites for hydroxylation is 2. The van der Waals surface area contributed by atoms with Crippen LogP contribution in [-0.4, -0.2) is 27.4 Å². The normalized spacial score (nSPS) is 11.3. The molecule has 0 atom stereocenters. The van der Waals surface area contributed by atoms with Gasteiger partial charge in [-0.2, -0.15) is 11.8 Å². The number of benzene rings is 1. The Bertz CT molecular complexity index is 558. The van der Waals surface area contributed by atoms with Crippen LogP contribution in [0.15, 0.2) is 16.6 Å². The van der Waals surface area contributed by atoms with Gasteiger partial charge < -0.3 is 4.57 Å². The third-order valence-corrected chi connectivity index (χ3v) is 4.09.